The summed E-state index contributed by atoms with van der Waals surface area (Å²) in [6.07, 6.45) is 1.84. The number of rotatable bonds is 8. The molecule has 1 amide bonds. The Morgan fingerprint density at radius 1 is 1.19 bits per heavy atom. The summed E-state index contributed by atoms with van der Waals surface area (Å²) in [5.41, 5.74) is 0.636. The summed E-state index contributed by atoms with van der Waals surface area (Å²) in [6.45, 7) is 2.64. The molecule has 0 aromatic heterocycles. The molecule has 0 fully saturated rings. The van der Waals surface area contributed by atoms with Crippen LogP contribution < -0.4 is 9.46 Å². The van der Waals surface area contributed by atoms with Crippen LogP contribution in [-0.2, 0) is 10.0 Å². The highest BCUT2D eigenvalue weighted by Gasteiger charge is 2.21. The molecule has 0 saturated carbocycles. The van der Waals surface area contributed by atoms with Gasteiger partial charge in [-0.1, -0.05) is 24.9 Å². The molecule has 27 heavy (non-hydrogen) atoms. The monoisotopic (exact) mass is 410 g/mol. The Balaban J connectivity index is 2.28. The van der Waals surface area contributed by atoms with Crippen LogP contribution in [0.4, 0.5) is 5.69 Å². The van der Waals surface area contributed by atoms with Gasteiger partial charge in [0.25, 0.3) is 15.9 Å². The van der Waals surface area contributed by atoms with E-state index in [1.54, 1.807) is 36.2 Å². The van der Waals surface area contributed by atoms with E-state index in [1.165, 1.54) is 25.3 Å². The highest BCUT2D eigenvalue weighted by atomic mass is 35.5. The number of ether oxygens (including phenoxy) is 1. The van der Waals surface area contributed by atoms with Gasteiger partial charge < -0.3 is 9.64 Å². The zero-order valence-corrected chi connectivity index (χ0v) is 17.1. The van der Waals surface area contributed by atoms with Gasteiger partial charge in [-0.2, -0.15) is 0 Å². The zero-order chi connectivity index (χ0) is 20.0. The molecule has 0 bridgehead atoms. The molecule has 0 aliphatic rings. The zero-order valence-electron chi connectivity index (χ0n) is 15.5. The minimum absolute atomic E-state index is 0.0452. The fraction of sp³-hybridized carbons (Fsp3) is 0.316. The van der Waals surface area contributed by atoms with Gasteiger partial charge in [0, 0.05) is 24.8 Å². The normalized spacial score (nSPS) is 11.1. The number of carbonyl (C=O) groups excluding carboxylic acids is 1. The van der Waals surface area contributed by atoms with Gasteiger partial charge in [-0.3, -0.25) is 9.52 Å². The van der Waals surface area contributed by atoms with Crippen molar-refractivity contribution in [2.75, 3.05) is 25.4 Å². The van der Waals surface area contributed by atoms with Crippen molar-refractivity contribution in [2.45, 2.75) is 24.7 Å². The molecule has 2 aromatic rings. The molecule has 0 unspecified atom stereocenters. The number of carbonyl (C=O) groups is 1. The van der Waals surface area contributed by atoms with Crippen molar-refractivity contribution in [3.8, 4) is 5.75 Å². The molecule has 0 radical (unpaired) electrons. The average molecular weight is 411 g/mol. The quantitative estimate of drug-likeness (QED) is 0.713. The van der Waals surface area contributed by atoms with Crippen molar-refractivity contribution in [3.63, 3.8) is 0 Å². The van der Waals surface area contributed by atoms with Crippen LogP contribution >= 0.6 is 11.6 Å². The molecular formula is C19H23ClN2O4S. The van der Waals surface area contributed by atoms with Gasteiger partial charge in [0.1, 0.15) is 10.6 Å². The van der Waals surface area contributed by atoms with Crippen LogP contribution in [0.3, 0.4) is 0 Å². The summed E-state index contributed by atoms with van der Waals surface area (Å²) >= 11 is 6.10. The number of benzene rings is 2. The van der Waals surface area contributed by atoms with E-state index in [0.717, 1.165) is 12.8 Å². The van der Waals surface area contributed by atoms with Crippen molar-refractivity contribution >= 4 is 33.2 Å². The summed E-state index contributed by atoms with van der Waals surface area (Å²) in [7, 11) is -0.738. The molecule has 0 spiro atoms. The Labute approximate surface area is 165 Å². The van der Waals surface area contributed by atoms with Crippen molar-refractivity contribution in [1.29, 1.82) is 0 Å². The van der Waals surface area contributed by atoms with Gasteiger partial charge in [-0.15, -0.1) is 0 Å². The van der Waals surface area contributed by atoms with Crippen LogP contribution in [0.2, 0.25) is 5.02 Å². The predicted octanol–water partition coefficient (Wildman–Crippen LogP) is 4.02. The first-order valence-corrected chi connectivity index (χ1v) is 10.4. The largest absolute Gasteiger partial charge is 0.497 e. The van der Waals surface area contributed by atoms with Crippen molar-refractivity contribution in [2.24, 2.45) is 0 Å². The SMILES string of the molecule is CCCCN(C)C(=O)c1ccc(Cl)c(S(=O)(=O)Nc2ccc(OC)cc2)c1. The third-order valence-corrected chi connectivity index (χ3v) is 5.87. The van der Waals surface area contributed by atoms with Crippen molar-refractivity contribution < 1.29 is 17.9 Å². The Morgan fingerprint density at radius 3 is 2.44 bits per heavy atom. The van der Waals surface area contributed by atoms with Gasteiger partial charge >= 0.3 is 0 Å². The van der Waals surface area contributed by atoms with Crippen LogP contribution in [0.1, 0.15) is 30.1 Å². The minimum Gasteiger partial charge on any atom is -0.497 e. The first-order valence-electron chi connectivity index (χ1n) is 8.50. The van der Waals surface area contributed by atoms with Crippen LogP contribution in [0.25, 0.3) is 0 Å². The van der Waals surface area contributed by atoms with Crippen LogP contribution in [0.5, 0.6) is 5.75 Å². The smallest absolute Gasteiger partial charge is 0.263 e. The molecule has 2 aromatic carbocycles. The molecule has 2 rings (SSSR count). The topological polar surface area (TPSA) is 75.7 Å². The Bertz CT molecular complexity index is 898. The van der Waals surface area contributed by atoms with Crippen LogP contribution in [-0.4, -0.2) is 39.9 Å². The van der Waals surface area contributed by atoms with E-state index in [2.05, 4.69) is 4.72 Å². The number of unbranched alkanes of at least 4 members (excludes halogenated alkanes) is 1. The molecule has 0 aliphatic heterocycles. The summed E-state index contributed by atoms with van der Waals surface area (Å²) in [6, 6.07) is 10.7. The molecule has 1 N–H and O–H groups in total. The standard InChI is InChI=1S/C19H23ClN2O4S/c1-4-5-12-22(2)19(23)14-6-11-17(20)18(13-14)27(24,25)21-15-7-9-16(26-3)10-8-15/h6-11,13,21H,4-5,12H2,1-3H3. The number of nitrogens with one attached hydrogen (secondary N) is 1. The van der Waals surface area contributed by atoms with Crippen molar-refractivity contribution in [3.05, 3.63) is 53.1 Å². The van der Waals surface area contributed by atoms with E-state index in [4.69, 9.17) is 16.3 Å². The summed E-state index contributed by atoms with van der Waals surface area (Å²) in [5, 5.41) is 0.0452. The molecule has 6 nitrogen and oxygen atoms in total. The molecule has 0 atom stereocenters. The maximum Gasteiger partial charge on any atom is 0.263 e. The number of hydrogen-bond donors (Lipinski definition) is 1. The lowest BCUT2D eigenvalue weighted by Crippen LogP contribution is -2.28. The predicted molar refractivity (Wildman–Crippen MR) is 107 cm³/mol. The second-order valence-corrected chi connectivity index (χ2v) is 8.12. The van der Waals surface area contributed by atoms with Crippen LogP contribution in [0.15, 0.2) is 47.4 Å². The van der Waals surface area contributed by atoms with Gasteiger partial charge in [-0.05, 0) is 48.9 Å². The lowest BCUT2D eigenvalue weighted by molar-refractivity contribution is 0.0793. The van der Waals surface area contributed by atoms with Crippen LogP contribution in [0, 0.1) is 0 Å². The molecular weight excluding hydrogens is 388 g/mol. The highest BCUT2D eigenvalue weighted by molar-refractivity contribution is 7.92. The Kier molecular flexibility index (Phi) is 7.10. The fourth-order valence-electron chi connectivity index (χ4n) is 2.43. The lowest BCUT2D eigenvalue weighted by atomic mass is 10.2. The average Bonchev–Trinajstić information content (AvgIpc) is 2.66. The van der Waals surface area contributed by atoms with Gasteiger partial charge in [0.15, 0.2) is 0 Å². The maximum atomic E-state index is 12.7. The summed E-state index contributed by atoms with van der Waals surface area (Å²) < 4.78 is 33.0. The van der Waals surface area contributed by atoms with Gasteiger partial charge in [0.2, 0.25) is 0 Å². The first kappa shape index (κ1) is 21.1. The van der Waals surface area contributed by atoms with E-state index in [0.29, 0.717) is 18.0 Å². The lowest BCUT2D eigenvalue weighted by Gasteiger charge is -2.17. The van der Waals surface area contributed by atoms with E-state index in [1.807, 2.05) is 6.92 Å². The summed E-state index contributed by atoms with van der Waals surface area (Å²) in [5.74, 6) is 0.361. The molecule has 0 heterocycles. The second-order valence-electron chi connectivity index (χ2n) is 6.06. The number of anilines is 1. The second kappa shape index (κ2) is 9.10. The molecule has 0 saturated heterocycles. The third-order valence-electron chi connectivity index (χ3n) is 4.00. The molecule has 146 valence electrons. The van der Waals surface area contributed by atoms with E-state index < -0.39 is 10.0 Å². The number of methoxy groups -OCH3 is 1. The Morgan fingerprint density at radius 2 is 1.85 bits per heavy atom. The number of nitrogens with zero attached hydrogens (tertiary/aromatic N) is 1. The number of amides is 1. The number of hydrogen-bond acceptors (Lipinski definition) is 4. The number of halogens is 1. The fourth-order valence-corrected chi connectivity index (χ4v) is 4.01. The first-order chi connectivity index (χ1) is 12.8. The minimum atomic E-state index is -3.96. The van der Waals surface area contributed by atoms with E-state index in [9.17, 15) is 13.2 Å². The summed E-state index contributed by atoms with van der Waals surface area (Å²) in [4.78, 5) is 13.9. The Hall–Kier alpha value is -2.25. The van der Waals surface area contributed by atoms with Crippen molar-refractivity contribution in [1.82, 2.24) is 4.90 Å². The molecule has 8 heteroatoms. The van der Waals surface area contributed by atoms with E-state index >= 15 is 0 Å². The van der Waals surface area contributed by atoms with Gasteiger partial charge in [-0.25, -0.2) is 8.42 Å². The maximum absolute atomic E-state index is 12.7. The molecule has 0 aliphatic carbocycles. The van der Waals surface area contributed by atoms with Gasteiger partial charge in [0.05, 0.1) is 12.1 Å². The highest BCUT2D eigenvalue weighted by Crippen LogP contribution is 2.26. The third kappa shape index (κ3) is 5.37. The van der Waals surface area contributed by atoms with E-state index in [-0.39, 0.29) is 21.4 Å². The number of sulfonamides is 1.